The van der Waals surface area contributed by atoms with Gasteiger partial charge in [0, 0.05) is 32.4 Å². The van der Waals surface area contributed by atoms with Crippen LogP contribution < -0.4 is 4.74 Å². The normalized spacial score (nSPS) is 14.4. The first-order valence-electron chi connectivity index (χ1n) is 8.63. The first kappa shape index (κ1) is 17.2. The van der Waals surface area contributed by atoms with E-state index in [-0.39, 0.29) is 5.91 Å². The molecule has 140 valence electrons. The van der Waals surface area contributed by atoms with Gasteiger partial charge in [-0.3, -0.25) is 9.48 Å². The van der Waals surface area contributed by atoms with Crippen LogP contribution in [-0.4, -0.2) is 68.8 Å². The van der Waals surface area contributed by atoms with E-state index in [4.69, 9.17) is 9.47 Å². The number of ether oxygens (including phenoxy) is 2. The number of aryl methyl sites for hydroxylation is 1. The minimum atomic E-state index is -0.115. The van der Waals surface area contributed by atoms with Gasteiger partial charge in [-0.05, 0) is 18.2 Å². The van der Waals surface area contributed by atoms with Gasteiger partial charge in [0.15, 0.2) is 5.69 Å². The zero-order valence-corrected chi connectivity index (χ0v) is 15.2. The lowest BCUT2D eigenvalue weighted by atomic mass is 10.2. The molecule has 9 nitrogen and oxygen atoms in total. The maximum atomic E-state index is 12.9. The van der Waals surface area contributed by atoms with E-state index in [1.807, 2.05) is 25.4 Å². The van der Waals surface area contributed by atoms with Crippen LogP contribution in [0.4, 0.5) is 0 Å². The van der Waals surface area contributed by atoms with Gasteiger partial charge < -0.3 is 14.4 Å². The highest BCUT2D eigenvalue weighted by Gasteiger charge is 2.24. The van der Waals surface area contributed by atoms with Crippen molar-refractivity contribution in [2.75, 3.05) is 33.4 Å². The molecule has 0 aliphatic carbocycles. The van der Waals surface area contributed by atoms with Crippen molar-refractivity contribution in [1.82, 2.24) is 29.4 Å². The Labute approximate surface area is 156 Å². The van der Waals surface area contributed by atoms with Gasteiger partial charge in [-0.1, -0.05) is 0 Å². The smallest absolute Gasteiger partial charge is 0.274 e. The predicted octanol–water partition coefficient (Wildman–Crippen LogP) is 1.15. The molecule has 1 aliphatic heterocycles. The van der Waals surface area contributed by atoms with E-state index in [0.29, 0.717) is 37.9 Å². The number of hydrogen-bond donors (Lipinski definition) is 0. The molecule has 0 atom stereocenters. The topological polar surface area (TPSA) is 87.3 Å². The Morgan fingerprint density at radius 3 is 2.63 bits per heavy atom. The highest BCUT2D eigenvalue weighted by Crippen LogP contribution is 2.24. The number of amides is 1. The zero-order valence-electron chi connectivity index (χ0n) is 15.2. The summed E-state index contributed by atoms with van der Waals surface area (Å²) in [6.07, 6.45) is 3.50. The number of rotatable bonds is 4. The molecule has 27 heavy (non-hydrogen) atoms. The van der Waals surface area contributed by atoms with E-state index in [0.717, 1.165) is 17.1 Å². The van der Waals surface area contributed by atoms with Crippen molar-refractivity contribution in [1.29, 1.82) is 0 Å². The maximum absolute atomic E-state index is 12.9. The van der Waals surface area contributed by atoms with Crippen molar-refractivity contribution < 1.29 is 14.3 Å². The van der Waals surface area contributed by atoms with Crippen LogP contribution in [0.15, 0.2) is 36.7 Å². The zero-order chi connectivity index (χ0) is 18.8. The molecule has 0 aromatic carbocycles. The average molecular weight is 368 g/mol. The summed E-state index contributed by atoms with van der Waals surface area (Å²) >= 11 is 0. The number of methoxy groups -OCH3 is 1. The number of carbonyl (C=O) groups excluding carboxylic acids is 1. The Bertz CT molecular complexity index is 940. The Morgan fingerprint density at radius 1 is 1.19 bits per heavy atom. The third-order valence-electron chi connectivity index (χ3n) is 4.38. The summed E-state index contributed by atoms with van der Waals surface area (Å²) in [5, 5.41) is 9.00. The van der Waals surface area contributed by atoms with E-state index in [9.17, 15) is 4.79 Å². The Balaban J connectivity index is 1.75. The van der Waals surface area contributed by atoms with Crippen LogP contribution in [0.5, 0.6) is 5.88 Å². The standard InChI is InChI=1S/C18H20N6O3/c1-22-6-5-14(20-22)16-11-15(18(25)23-7-9-27-10-8-23)21-24(16)13-3-4-17(26-2)19-12-13/h3-6,11-12H,7-10H2,1-2H3. The highest BCUT2D eigenvalue weighted by molar-refractivity contribution is 5.93. The lowest BCUT2D eigenvalue weighted by molar-refractivity contribution is 0.0298. The van der Waals surface area contributed by atoms with Gasteiger partial charge in [0.1, 0.15) is 5.69 Å². The fraction of sp³-hybridized carbons (Fsp3) is 0.333. The number of morpholine rings is 1. The molecule has 1 saturated heterocycles. The van der Waals surface area contributed by atoms with Gasteiger partial charge in [0.05, 0.1) is 37.9 Å². The SMILES string of the molecule is COc1ccc(-n2nc(C(=O)N3CCOCC3)cc2-c2ccn(C)n2)cn1. The molecule has 0 N–H and O–H groups in total. The molecule has 0 radical (unpaired) electrons. The molecule has 1 amide bonds. The third-order valence-corrected chi connectivity index (χ3v) is 4.38. The van der Waals surface area contributed by atoms with Crippen molar-refractivity contribution in [3.63, 3.8) is 0 Å². The second kappa shape index (κ2) is 7.20. The van der Waals surface area contributed by atoms with Crippen LogP contribution in [-0.2, 0) is 11.8 Å². The van der Waals surface area contributed by atoms with Crippen LogP contribution in [0.3, 0.4) is 0 Å². The summed E-state index contributed by atoms with van der Waals surface area (Å²) in [4.78, 5) is 18.9. The van der Waals surface area contributed by atoms with Gasteiger partial charge in [-0.15, -0.1) is 0 Å². The number of aromatic nitrogens is 5. The lowest BCUT2D eigenvalue weighted by Gasteiger charge is -2.25. The fourth-order valence-electron chi connectivity index (χ4n) is 2.96. The number of nitrogens with zero attached hydrogens (tertiary/aromatic N) is 6. The first-order valence-corrected chi connectivity index (χ1v) is 8.63. The van der Waals surface area contributed by atoms with Crippen LogP contribution in [0, 0.1) is 0 Å². The Kier molecular flexibility index (Phi) is 4.59. The van der Waals surface area contributed by atoms with Crippen molar-refractivity contribution >= 4 is 5.91 Å². The highest BCUT2D eigenvalue weighted by atomic mass is 16.5. The minimum absolute atomic E-state index is 0.115. The van der Waals surface area contributed by atoms with Gasteiger partial charge in [0.2, 0.25) is 5.88 Å². The summed E-state index contributed by atoms with van der Waals surface area (Å²) in [6.45, 7) is 2.22. The van der Waals surface area contributed by atoms with E-state index >= 15 is 0 Å². The largest absolute Gasteiger partial charge is 0.481 e. The van der Waals surface area contributed by atoms with Crippen molar-refractivity contribution in [2.45, 2.75) is 0 Å². The van der Waals surface area contributed by atoms with E-state index in [2.05, 4.69) is 15.2 Å². The monoisotopic (exact) mass is 368 g/mol. The van der Waals surface area contributed by atoms with Gasteiger partial charge >= 0.3 is 0 Å². The van der Waals surface area contributed by atoms with Crippen LogP contribution in [0.25, 0.3) is 17.1 Å². The predicted molar refractivity (Wildman–Crippen MR) is 96.8 cm³/mol. The van der Waals surface area contributed by atoms with Crippen molar-refractivity contribution in [3.05, 3.63) is 42.4 Å². The van der Waals surface area contributed by atoms with Gasteiger partial charge in [0.25, 0.3) is 5.91 Å². The molecular formula is C18H20N6O3. The molecule has 3 aromatic rings. The molecule has 4 heterocycles. The van der Waals surface area contributed by atoms with Gasteiger partial charge in [-0.2, -0.15) is 10.2 Å². The van der Waals surface area contributed by atoms with Crippen LogP contribution in [0.1, 0.15) is 10.5 Å². The molecule has 0 unspecified atom stereocenters. The van der Waals surface area contributed by atoms with E-state index in [1.165, 1.54) is 0 Å². The van der Waals surface area contributed by atoms with E-state index in [1.54, 1.807) is 39.7 Å². The average Bonchev–Trinajstić information content (AvgIpc) is 3.34. The minimum Gasteiger partial charge on any atom is -0.481 e. The summed E-state index contributed by atoms with van der Waals surface area (Å²) < 4.78 is 13.8. The lowest BCUT2D eigenvalue weighted by Crippen LogP contribution is -2.40. The van der Waals surface area contributed by atoms with Crippen molar-refractivity contribution in [2.24, 2.45) is 7.05 Å². The molecule has 3 aromatic heterocycles. The molecule has 1 fully saturated rings. The third kappa shape index (κ3) is 3.41. The van der Waals surface area contributed by atoms with E-state index < -0.39 is 0 Å². The number of carbonyl (C=O) groups is 1. The molecule has 9 heteroatoms. The van der Waals surface area contributed by atoms with Crippen molar-refractivity contribution in [3.8, 4) is 23.0 Å². The first-order chi connectivity index (χ1) is 13.2. The summed E-state index contributed by atoms with van der Waals surface area (Å²) in [7, 11) is 3.41. The molecule has 1 aliphatic rings. The second-order valence-corrected chi connectivity index (χ2v) is 6.16. The molecule has 0 bridgehead atoms. The quantitative estimate of drug-likeness (QED) is 0.687. The van der Waals surface area contributed by atoms with Crippen LogP contribution >= 0.6 is 0 Å². The van der Waals surface area contributed by atoms with Gasteiger partial charge in [-0.25, -0.2) is 9.67 Å². The second-order valence-electron chi connectivity index (χ2n) is 6.16. The van der Waals surface area contributed by atoms with Crippen LogP contribution in [0.2, 0.25) is 0 Å². The Hall–Kier alpha value is -3.20. The maximum Gasteiger partial charge on any atom is 0.274 e. The molecular weight excluding hydrogens is 348 g/mol. The summed E-state index contributed by atoms with van der Waals surface area (Å²) in [6, 6.07) is 7.24. The fourth-order valence-corrected chi connectivity index (χ4v) is 2.96. The Morgan fingerprint density at radius 2 is 2.00 bits per heavy atom. The summed E-state index contributed by atoms with van der Waals surface area (Å²) in [5.74, 6) is 0.394. The molecule has 4 rings (SSSR count). The number of hydrogen-bond acceptors (Lipinski definition) is 6. The summed E-state index contributed by atoms with van der Waals surface area (Å²) in [5.41, 5.74) is 2.53. The number of pyridine rings is 1. The molecule has 0 spiro atoms. The molecule has 0 saturated carbocycles.